The summed E-state index contributed by atoms with van der Waals surface area (Å²) in [7, 11) is 0. The van der Waals surface area contributed by atoms with Gasteiger partial charge in [0.25, 0.3) is 0 Å². The summed E-state index contributed by atoms with van der Waals surface area (Å²) < 4.78 is 0. The van der Waals surface area contributed by atoms with Crippen LogP contribution in [0.4, 0.5) is 5.69 Å². The maximum Gasteiger partial charge on any atom is 0.322 e. The van der Waals surface area contributed by atoms with Crippen molar-refractivity contribution < 1.29 is 9.90 Å². The van der Waals surface area contributed by atoms with Gasteiger partial charge in [-0.25, -0.2) is 0 Å². The third-order valence-electron chi connectivity index (χ3n) is 2.57. The molecule has 15 heavy (non-hydrogen) atoms. The molecule has 3 N–H and O–H groups in total. The van der Waals surface area contributed by atoms with E-state index in [-0.39, 0.29) is 6.54 Å². The van der Waals surface area contributed by atoms with Crippen LogP contribution in [0.3, 0.4) is 0 Å². The molecule has 0 saturated heterocycles. The molecule has 0 aromatic heterocycles. The van der Waals surface area contributed by atoms with E-state index in [2.05, 4.69) is 16.7 Å². The summed E-state index contributed by atoms with van der Waals surface area (Å²) in [5.41, 5.74) is 3.46. The standard InChI is InChI=1S/C11H14N2O2/c14-11(15)7-13-10-3-1-2-8-6-12-5-4-9(8)10/h1-3,12-13H,4-7H2,(H,14,15). The predicted octanol–water partition coefficient (Wildman–Crippen LogP) is 0.829. The van der Waals surface area contributed by atoms with Crippen LogP contribution in [0.15, 0.2) is 18.2 Å². The average Bonchev–Trinajstić information content (AvgIpc) is 2.26. The fourth-order valence-corrected chi connectivity index (χ4v) is 1.87. The summed E-state index contributed by atoms with van der Waals surface area (Å²) in [5, 5.41) is 14.8. The van der Waals surface area contributed by atoms with Crippen molar-refractivity contribution >= 4 is 11.7 Å². The van der Waals surface area contributed by atoms with Gasteiger partial charge in [0, 0.05) is 12.2 Å². The Kier molecular flexibility index (Phi) is 2.87. The minimum Gasteiger partial charge on any atom is -0.480 e. The maximum absolute atomic E-state index is 10.5. The van der Waals surface area contributed by atoms with E-state index >= 15 is 0 Å². The molecule has 0 fully saturated rings. The molecule has 4 nitrogen and oxygen atoms in total. The molecule has 1 aliphatic rings. The van der Waals surface area contributed by atoms with Crippen molar-refractivity contribution in [1.82, 2.24) is 5.32 Å². The summed E-state index contributed by atoms with van der Waals surface area (Å²) in [6, 6.07) is 5.97. The van der Waals surface area contributed by atoms with Crippen molar-refractivity contribution in [3.05, 3.63) is 29.3 Å². The first kappa shape index (κ1) is 9.98. The van der Waals surface area contributed by atoms with Gasteiger partial charge in [0.2, 0.25) is 0 Å². The number of anilines is 1. The Balaban J connectivity index is 2.19. The highest BCUT2D eigenvalue weighted by molar-refractivity contribution is 5.73. The number of hydrogen-bond acceptors (Lipinski definition) is 3. The number of rotatable bonds is 3. The molecule has 1 aromatic carbocycles. The molecule has 2 rings (SSSR count). The smallest absolute Gasteiger partial charge is 0.322 e. The number of fused-ring (bicyclic) bond motifs is 1. The number of nitrogens with one attached hydrogen (secondary N) is 2. The van der Waals surface area contributed by atoms with E-state index in [1.165, 1.54) is 11.1 Å². The number of aliphatic carboxylic acids is 1. The van der Waals surface area contributed by atoms with Gasteiger partial charge in [0.1, 0.15) is 6.54 Å². The first-order valence-electron chi connectivity index (χ1n) is 5.04. The molecule has 0 atom stereocenters. The van der Waals surface area contributed by atoms with Crippen LogP contribution in [0, 0.1) is 0 Å². The van der Waals surface area contributed by atoms with Crippen molar-refractivity contribution in [2.24, 2.45) is 0 Å². The van der Waals surface area contributed by atoms with E-state index in [0.29, 0.717) is 0 Å². The third kappa shape index (κ3) is 2.27. The Morgan fingerprint density at radius 1 is 1.53 bits per heavy atom. The second-order valence-corrected chi connectivity index (χ2v) is 3.62. The minimum absolute atomic E-state index is 0.0239. The van der Waals surface area contributed by atoms with Crippen LogP contribution in [0.2, 0.25) is 0 Å². The van der Waals surface area contributed by atoms with E-state index in [1.54, 1.807) is 0 Å². The van der Waals surface area contributed by atoms with Gasteiger partial charge in [-0.2, -0.15) is 0 Å². The molecule has 1 heterocycles. The molecule has 0 saturated carbocycles. The van der Waals surface area contributed by atoms with Crippen molar-refractivity contribution in [1.29, 1.82) is 0 Å². The molecule has 0 bridgehead atoms. The fraction of sp³-hybridized carbons (Fsp3) is 0.364. The molecule has 80 valence electrons. The van der Waals surface area contributed by atoms with Crippen LogP contribution in [0.1, 0.15) is 11.1 Å². The second-order valence-electron chi connectivity index (χ2n) is 3.62. The number of hydrogen-bond donors (Lipinski definition) is 3. The SMILES string of the molecule is O=C(O)CNc1cccc2c1CCNC2. The Morgan fingerprint density at radius 3 is 3.20 bits per heavy atom. The highest BCUT2D eigenvalue weighted by atomic mass is 16.4. The third-order valence-corrected chi connectivity index (χ3v) is 2.57. The first-order valence-corrected chi connectivity index (χ1v) is 5.04. The summed E-state index contributed by atoms with van der Waals surface area (Å²) in [6.45, 7) is 1.81. The van der Waals surface area contributed by atoms with Gasteiger partial charge in [-0.05, 0) is 30.2 Å². The summed E-state index contributed by atoms with van der Waals surface area (Å²) in [6.07, 6.45) is 0.956. The highest BCUT2D eigenvalue weighted by Gasteiger charge is 2.12. The summed E-state index contributed by atoms with van der Waals surface area (Å²) in [4.78, 5) is 10.5. The van der Waals surface area contributed by atoms with Crippen molar-refractivity contribution in [2.75, 3.05) is 18.4 Å². The second kappa shape index (κ2) is 4.31. The van der Waals surface area contributed by atoms with Crippen LogP contribution < -0.4 is 10.6 Å². The van der Waals surface area contributed by atoms with Crippen LogP contribution in [-0.4, -0.2) is 24.2 Å². The van der Waals surface area contributed by atoms with E-state index < -0.39 is 5.97 Å². The fourth-order valence-electron chi connectivity index (χ4n) is 1.87. The molecule has 0 spiro atoms. The lowest BCUT2D eigenvalue weighted by atomic mass is 9.99. The highest BCUT2D eigenvalue weighted by Crippen LogP contribution is 2.22. The molecule has 0 unspecified atom stereocenters. The number of carboxylic acid groups (broad SMARTS) is 1. The topological polar surface area (TPSA) is 61.4 Å². The molecule has 0 radical (unpaired) electrons. The van der Waals surface area contributed by atoms with Crippen molar-refractivity contribution in [2.45, 2.75) is 13.0 Å². The van der Waals surface area contributed by atoms with Crippen molar-refractivity contribution in [3.63, 3.8) is 0 Å². The van der Waals surface area contributed by atoms with Crippen LogP contribution in [0.25, 0.3) is 0 Å². The molecule has 0 amide bonds. The van der Waals surface area contributed by atoms with Gasteiger partial charge >= 0.3 is 5.97 Å². The minimum atomic E-state index is -0.832. The Hall–Kier alpha value is -1.55. The zero-order chi connectivity index (χ0) is 10.7. The molecular weight excluding hydrogens is 192 g/mol. The Labute approximate surface area is 88.3 Å². The zero-order valence-corrected chi connectivity index (χ0v) is 8.42. The lowest BCUT2D eigenvalue weighted by molar-refractivity contribution is -0.134. The Morgan fingerprint density at radius 2 is 2.40 bits per heavy atom. The van der Waals surface area contributed by atoms with Gasteiger partial charge in [-0.1, -0.05) is 12.1 Å². The molecule has 4 heteroatoms. The lowest BCUT2D eigenvalue weighted by Gasteiger charge is -2.20. The van der Waals surface area contributed by atoms with Crippen LogP contribution >= 0.6 is 0 Å². The number of benzene rings is 1. The van der Waals surface area contributed by atoms with E-state index in [9.17, 15) is 4.79 Å². The van der Waals surface area contributed by atoms with Crippen LogP contribution in [0.5, 0.6) is 0 Å². The molecule has 0 aliphatic carbocycles. The van der Waals surface area contributed by atoms with E-state index in [4.69, 9.17) is 5.11 Å². The number of carboxylic acids is 1. The van der Waals surface area contributed by atoms with Gasteiger partial charge in [-0.3, -0.25) is 4.79 Å². The van der Waals surface area contributed by atoms with Gasteiger partial charge < -0.3 is 15.7 Å². The Bertz CT molecular complexity index is 377. The zero-order valence-electron chi connectivity index (χ0n) is 8.42. The van der Waals surface area contributed by atoms with E-state index in [1.807, 2.05) is 12.1 Å². The van der Waals surface area contributed by atoms with Crippen LogP contribution in [-0.2, 0) is 17.8 Å². The molecular formula is C11H14N2O2. The van der Waals surface area contributed by atoms with Gasteiger partial charge in [-0.15, -0.1) is 0 Å². The molecule has 1 aliphatic heterocycles. The summed E-state index contributed by atoms with van der Waals surface area (Å²) >= 11 is 0. The van der Waals surface area contributed by atoms with Gasteiger partial charge in [0.05, 0.1) is 0 Å². The number of carbonyl (C=O) groups is 1. The normalized spacial score (nSPS) is 14.4. The summed E-state index contributed by atoms with van der Waals surface area (Å²) in [5.74, 6) is -0.832. The molecule has 1 aromatic rings. The van der Waals surface area contributed by atoms with E-state index in [0.717, 1.165) is 25.2 Å². The van der Waals surface area contributed by atoms with Crippen molar-refractivity contribution in [3.8, 4) is 0 Å². The monoisotopic (exact) mass is 206 g/mol. The predicted molar refractivity (Wildman–Crippen MR) is 58.0 cm³/mol. The largest absolute Gasteiger partial charge is 0.480 e. The average molecular weight is 206 g/mol. The maximum atomic E-state index is 10.5. The first-order chi connectivity index (χ1) is 7.27. The quantitative estimate of drug-likeness (QED) is 0.685. The van der Waals surface area contributed by atoms with Gasteiger partial charge in [0.15, 0.2) is 0 Å². The lowest BCUT2D eigenvalue weighted by Crippen LogP contribution is -2.25.